The topological polar surface area (TPSA) is 53.1 Å². The molecule has 0 radical (unpaired) electrons. The molecular weight excluding hydrogens is 378 g/mol. The fourth-order valence-corrected chi connectivity index (χ4v) is 5.67. The van der Waals surface area contributed by atoms with Gasteiger partial charge >= 0.3 is 5.97 Å². The summed E-state index contributed by atoms with van der Waals surface area (Å²) in [6, 6.07) is 8.46. The third-order valence-corrected chi connectivity index (χ3v) is 8.12. The highest BCUT2D eigenvalue weighted by Gasteiger charge is 2.59. The summed E-state index contributed by atoms with van der Waals surface area (Å²) in [5.74, 6) is 0.364. The lowest BCUT2D eigenvalue weighted by molar-refractivity contribution is -0.136. The number of nitrogens with zero attached hydrogens (tertiary/aromatic N) is 3. The number of esters is 1. The van der Waals surface area contributed by atoms with Crippen LogP contribution in [0.2, 0.25) is 0 Å². The van der Waals surface area contributed by atoms with Crippen LogP contribution in [0.1, 0.15) is 48.9 Å². The Morgan fingerprint density at radius 1 is 0.967 bits per heavy atom. The minimum atomic E-state index is -0.299. The number of rotatable bonds is 4. The Morgan fingerprint density at radius 3 is 2.20 bits per heavy atom. The molecule has 1 aromatic carbocycles. The molecule has 0 aromatic heterocycles. The molecule has 2 aliphatic heterocycles. The van der Waals surface area contributed by atoms with Crippen LogP contribution in [0.4, 0.5) is 5.69 Å². The first kappa shape index (κ1) is 19.9. The molecule has 6 heteroatoms. The summed E-state index contributed by atoms with van der Waals surface area (Å²) < 4.78 is 4.78. The van der Waals surface area contributed by atoms with E-state index in [9.17, 15) is 9.59 Å². The zero-order valence-electron chi connectivity index (χ0n) is 18.0. The predicted molar refractivity (Wildman–Crippen MR) is 116 cm³/mol. The van der Waals surface area contributed by atoms with Gasteiger partial charge in [-0.1, -0.05) is 6.42 Å². The summed E-state index contributed by atoms with van der Waals surface area (Å²) in [6.07, 6.45) is 7.32. The molecule has 0 bridgehead atoms. The van der Waals surface area contributed by atoms with Crippen molar-refractivity contribution >= 4 is 17.6 Å². The highest BCUT2D eigenvalue weighted by molar-refractivity contribution is 5.89. The average Bonchev–Trinajstić information content (AvgIpc) is 3.45. The SMILES string of the molecule is COC(=O)c1ccc(N2CCC3(CC2)CC3C(=O)N2CCN(C3CCC3)CC2)cc1. The normalized spacial score (nSPS) is 26.4. The van der Waals surface area contributed by atoms with Crippen LogP contribution in [0, 0.1) is 11.3 Å². The van der Waals surface area contributed by atoms with Gasteiger partial charge in [-0.05, 0) is 61.8 Å². The first-order valence-electron chi connectivity index (χ1n) is 11.6. The lowest BCUT2D eigenvalue weighted by Crippen LogP contribution is -2.54. The average molecular weight is 412 g/mol. The Kier molecular flexibility index (Phi) is 5.21. The summed E-state index contributed by atoms with van der Waals surface area (Å²) in [6.45, 7) is 5.92. The molecule has 1 amide bonds. The molecule has 4 aliphatic rings. The molecule has 162 valence electrons. The lowest BCUT2D eigenvalue weighted by Gasteiger charge is -2.43. The van der Waals surface area contributed by atoms with Crippen molar-refractivity contribution in [2.75, 3.05) is 51.3 Å². The Morgan fingerprint density at radius 2 is 1.63 bits per heavy atom. The van der Waals surface area contributed by atoms with E-state index in [1.165, 1.54) is 26.4 Å². The van der Waals surface area contributed by atoms with Crippen LogP contribution < -0.4 is 4.90 Å². The molecule has 2 aliphatic carbocycles. The van der Waals surface area contributed by atoms with E-state index in [1.54, 1.807) is 0 Å². The molecule has 1 spiro atoms. The number of piperidine rings is 1. The van der Waals surface area contributed by atoms with Crippen molar-refractivity contribution in [2.24, 2.45) is 11.3 Å². The van der Waals surface area contributed by atoms with Crippen molar-refractivity contribution < 1.29 is 14.3 Å². The number of benzene rings is 1. The minimum absolute atomic E-state index is 0.241. The van der Waals surface area contributed by atoms with E-state index in [0.717, 1.165) is 70.3 Å². The molecule has 1 unspecified atom stereocenters. The van der Waals surface area contributed by atoms with E-state index in [1.807, 2.05) is 24.3 Å². The van der Waals surface area contributed by atoms with E-state index < -0.39 is 0 Å². The van der Waals surface area contributed by atoms with Gasteiger partial charge in [-0.25, -0.2) is 4.79 Å². The number of anilines is 1. The van der Waals surface area contributed by atoms with Gasteiger partial charge in [0.1, 0.15) is 0 Å². The Balaban J connectivity index is 1.12. The van der Waals surface area contributed by atoms with Crippen molar-refractivity contribution in [3.05, 3.63) is 29.8 Å². The van der Waals surface area contributed by atoms with Gasteiger partial charge in [-0.15, -0.1) is 0 Å². The predicted octanol–water partition coefficient (Wildman–Crippen LogP) is 2.78. The molecule has 30 heavy (non-hydrogen) atoms. The molecular formula is C24H33N3O3. The van der Waals surface area contributed by atoms with Crippen LogP contribution >= 0.6 is 0 Å². The van der Waals surface area contributed by atoms with Gasteiger partial charge in [0.05, 0.1) is 12.7 Å². The van der Waals surface area contributed by atoms with Gasteiger partial charge in [0.15, 0.2) is 0 Å². The first-order chi connectivity index (χ1) is 14.6. The van der Waals surface area contributed by atoms with Gasteiger partial charge in [0, 0.05) is 56.9 Å². The van der Waals surface area contributed by atoms with Gasteiger partial charge in [-0.3, -0.25) is 9.69 Å². The first-order valence-corrected chi connectivity index (χ1v) is 11.6. The molecule has 1 aromatic rings. The number of ether oxygens (including phenoxy) is 1. The maximum Gasteiger partial charge on any atom is 0.337 e. The van der Waals surface area contributed by atoms with Crippen LogP contribution in [0.15, 0.2) is 24.3 Å². The van der Waals surface area contributed by atoms with E-state index in [2.05, 4.69) is 14.7 Å². The summed E-state index contributed by atoms with van der Waals surface area (Å²) in [4.78, 5) is 31.9. The van der Waals surface area contributed by atoms with Crippen molar-refractivity contribution in [3.8, 4) is 0 Å². The number of hydrogen-bond donors (Lipinski definition) is 0. The number of methoxy groups -OCH3 is 1. The molecule has 6 nitrogen and oxygen atoms in total. The fraction of sp³-hybridized carbons (Fsp3) is 0.667. The van der Waals surface area contributed by atoms with Crippen LogP contribution in [-0.2, 0) is 9.53 Å². The van der Waals surface area contributed by atoms with Crippen molar-refractivity contribution in [2.45, 2.75) is 44.6 Å². The molecule has 1 atom stereocenters. The van der Waals surface area contributed by atoms with Crippen LogP contribution in [0.5, 0.6) is 0 Å². The molecule has 2 heterocycles. The zero-order chi connectivity index (χ0) is 20.7. The highest BCUT2D eigenvalue weighted by atomic mass is 16.5. The van der Waals surface area contributed by atoms with Crippen LogP contribution in [0.3, 0.4) is 0 Å². The smallest absolute Gasteiger partial charge is 0.337 e. The second-order valence-electron chi connectivity index (χ2n) is 9.59. The second-order valence-corrected chi connectivity index (χ2v) is 9.59. The maximum atomic E-state index is 13.1. The van der Waals surface area contributed by atoms with Crippen molar-refractivity contribution in [3.63, 3.8) is 0 Å². The molecule has 5 rings (SSSR count). The third-order valence-electron chi connectivity index (χ3n) is 8.12. The van der Waals surface area contributed by atoms with E-state index in [0.29, 0.717) is 11.5 Å². The Labute approximate surface area is 179 Å². The quantitative estimate of drug-likeness (QED) is 0.713. The summed E-state index contributed by atoms with van der Waals surface area (Å²) in [5, 5.41) is 0. The Bertz CT molecular complexity index is 788. The van der Waals surface area contributed by atoms with E-state index >= 15 is 0 Å². The standard InChI is InChI=1S/C24H33N3O3/c1-30-23(29)18-5-7-20(8-6-18)25-11-9-24(10-12-25)17-21(24)22(28)27-15-13-26(14-16-27)19-3-2-4-19/h5-8,19,21H,2-4,9-17H2,1H3. The number of amides is 1. The summed E-state index contributed by atoms with van der Waals surface area (Å²) in [5.41, 5.74) is 1.97. The summed E-state index contributed by atoms with van der Waals surface area (Å²) in [7, 11) is 1.40. The molecule has 4 fully saturated rings. The van der Waals surface area contributed by atoms with Crippen molar-refractivity contribution in [1.29, 1.82) is 0 Å². The number of piperazine rings is 1. The van der Waals surface area contributed by atoms with Crippen molar-refractivity contribution in [1.82, 2.24) is 9.80 Å². The van der Waals surface area contributed by atoms with Gasteiger partial charge in [-0.2, -0.15) is 0 Å². The number of carbonyl (C=O) groups excluding carboxylic acids is 2. The highest BCUT2D eigenvalue weighted by Crippen LogP contribution is 2.60. The van der Waals surface area contributed by atoms with Gasteiger partial charge in [0.25, 0.3) is 0 Å². The maximum absolute atomic E-state index is 13.1. The number of carbonyl (C=O) groups is 2. The Hall–Kier alpha value is -2.08. The second kappa shape index (κ2) is 7.88. The van der Waals surface area contributed by atoms with Gasteiger partial charge in [0.2, 0.25) is 5.91 Å². The lowest BCUT2D eigenvalue weighted by atomic mass is 9.89. The third kappa shape index (κ3) is 3.59. The summed E-state index contributed by atoms with van der Waals surface area (Å²) >= 11 is 0. The largest absolute Gasteiger partial charge is 0.465 e. The molecule has 0 N–H and O–H groups in total. The van der Waals surface area contributed by atoms with E-state index in [4.69, 9.17) is 4.74 Å². The van der Waals surface area contributed by atoms with E-state index in [-0.39, 0.29) is 17.3 Å². The fourth-order valence-electron chi connectivity index (χ4n) is 5.67. The van der Waals surface area contributed by atoms with Crippen LogP contribution in [-0.4, -0.2) is 74.1 Å². The van der Waals surface area contributed by atoms with Gasteiger partial charge < -0.3 is 14.5 Å². The minimum Gasteiger partial charge on any atom is -0.465 e. The molecule has 2 saturated heterocycles. The zero-order valence-corrected chi connectivity index (χ0v) is 18.0. The van der Waals surface area contributed by atoms with Crippen LogP contribution in [0.25, 0.3) is 0 Å². The number of hydrogen-bond acceptors (Lipinski definition) is 5. The molecule has 2 saturated carbocycles. The monoisotopic (exact) mass is 411 g/mol.